The van der Waals surface area contributed by atoms with Gasteiger partial charge in [0.05, 0.1) is 23.3 Å². The molecule has 152 valence electrons. The Hall–Kier alpha value is -2.26. The van der Waals surface area contributed by atoms with Crippen molar-refractivity contribution in [3.63, 3.8) is 0 Å². The summed E-state index contributed by atoms with van der Waals surface area (Å²) in [6.45, 7) is 3.06. The molecule has 0 spiro atoms. The molecule has 29 heavy (non-hydrogen) atoms. The van der Waals surface area contributed by atoms with Crippen LogP contribution in [0.1, 0.15) is 5.69 Å². The van der Waals surface area contributed by atoms with Crippen LogP contribution in [0.4, 0.5) is 0 Å². The number of rotatable bonds is 6. The van der Waals surface area contributed by atoms with Crippen LogP contribution in [0.15, 0.2) is 64.9 Å². The molecule has 0 bridgehead atoms. The van der Waals surface area contributed by atoms with Crippen LogP contribution < -0.4 is 4.74 Å². The highest BCUT2D eigenvalue weighted by Gasteiger charge is 2.28. The summed E-state index contributed by atoms with van der Waals surface area (Å²) in [5.41, 5.74) is 1.99. The van der Waals surface area contributed by atoms with Gasteiger partial charge in [-0.05, 0) is 24.3 Å². The SMILES string of the molecule is COc1ccccc1-c1nc(CN2CCN(S(=O)(=O)c3ccccc3)CC2)cs1. The summed E-state index contributed by atoms with van der Waals surface area (Å²) in [5, 5.41) is 3.00. The maximum Gasteiger partial charge on any atom is 0.243 e. The van der Waals surface area contributed by atoms with Gasteiger partial charge in [0.25, 0.3) is 0 Å². The third-order valence-electron chi connectivity index (χ3n) is 4.99. The fourth-order valence-corrected chi connectivity index (χ4v) is 5.71. The van der Waals surface area contributed by atoms with Crippen molar-refractivity contribution in [2.45, 2.75) is 11.4 Å². The van der Waals surface area contributed by atoms with Gasteiger partial charge >= 0.3 is 0 Å². The Kier molecular flexibility index (Phi) is 5.96. The molecular weight excluding hydrogens is 406 g/mol. The number of methoxy groups -OCH3 is 1. The number of thiazole rings is 1. The second-order valence-corrected chi connectivity index (χ2v) is 9.63. The van der Waals surface area contributed by atoms with Gasteiger partial charge in [-0.15, -0.1) is 11.3 Å². The normalized spacial score (nSPS) is 16.0. The lowest BCUT2D eigenvalue weighted by molar-refractivity contribution is 0.180. The van der Waals surface area contributed by atoms with E-state index in [4.69, 9.17) is 9.72 Å². The van der Waals surface area contributed by atoms with Crippen LogP contribution in [0.2, 0.25) is 0 Å². The van der Waals surface area contributed by atoms with Crippen LogP contribution in [0.3, 0.4) is 0 Å². The number of piperazine rings is 1. The van der Waals surface area contributed by atoms with E-state index in [1.165, 1.54) is 0 Å². The highest BCUT2D eigenvalue weighted by Crippen LogP contribution is 2.32. The van der Waals surface area contributed by atoms with E-state index in [9.17, 15) is 8.42 Å². The quantitative estimate of drug-likeness (QED) is 0.602. The minimum atomic E-state index is -3.42. The van der Waals surface area contributed by atoms with E-state index in [1.54, 1.807) is 47.0 Å². The molecule has 3 aromatic rings. The van der Waals surface area contributed by atoms with Gasteiger partial charge in [0.1, 0.15) is 10.8 Å². The van der Waals surface area contributed by atoms with E-state index in [2.05, 4.69) is 10.3 Å². The first kappa shape index (κ1) is 20.0. The molecule has 0 N–H and O–H groups in total. The molecule has 1 aliphatic heterocycles. The average Bonchev–Trinajstić information content (AvgIpc) is 3.23. The van der Waals surface area contributed by atoms with Crippen LogP contribution in [-0.2, 0) is 16.6 Å². The minimum Gasteiger partial charge on any atom is -0.496 e. The molecule has 8 heteroatoms. The molecule has 0 atom stereocenters. The number of hydrogen-bond acceptors (Lipinski definition) is 6. The first-order valence-electron chi connectivity index (χ1n) is 9.43. The third-order valence-corrected chi connectivity index (χ3v) is 7.82. The zero-order valence-electron chi connectivity index (χ0n) is 16.2. The van der Waals surface area contributed by atoms with Crippen molar-refractivity contribution in [3.05, 3.63) is 65.7 Å². The smallest absolute Gasteiger partial charge is 0.243 e. The summed E-state index contributed by atoms with van der Waals surface area (Å²) in [6.07, 6.45) is 0. The molecule has 4 rings (SSSR count). The predicted octanol–water partition coefficient (Wildman–Crippen LogP) is 3.33. The molecular formula is C21H23N3O3S2. The highest BCUT2D eigenvalue weighted by molar-refractivity contribution is 7.89. The molecule has 0 unspecified atom stereocenters. The van der Waals surface area contributed by atoms with Gasteiger partial charge in [-0.3, -0.25) is 4.90 Å². The summed E-state index contributed by atoms with van der Waals surface area (Å²) < 4.78 is 32.5. The maximum atomic E-state index is 12.8. The van der Waals surface area contributed by atoms with Crippen LogP contribution in [-0.4, -0.2) is 55.9 Å². The van der Waals surface area contributed by atoms with Crippen LogP contribution in [0.25, 0.3) is 10.6 Å². The van der Waals surface area contributed by atoms with E-state index >= 15 is 0 Å². The van der Waals surface area contributed by atoms with E-state index in [0.717, 1.165) is 22.0 Å². The van der Waals surface area contributed by atoms with Crippen molar-refractivity contribution in [1.82, 2.24) is 14.2 Å². The molecule has 6 nitrogen and oxygen atoms in total. The lowest BCUT2D eigenvalue weighted by atomic mass is 10.2. The van der Waals surface area contributed by atoms with Crippen molar-refractivity contribution in [1.29, 1.82) is 0 Å². The topological polar surface area (TPSA) is 62.7 Å². The molecule has 0 saturated carbocycles. The van der Waals surface area contributed by atoms with Crippen LogP contribution in [0.5, 0.6) is 5.75 Å². The second-order valence-electron chi connectivity index (χ2n) is 6.84. The molecule has 2 aromatic carbocycles. The molecule has 1 aliphatic rings. The number of nitrogens with zero attached hydrogens (tertiary/aromatic N) is 3. The number of benzene rings is 2. The fourth-order valence-electron chi connectivity index (χ4n) is 3.42. The molecule has 1 saturated heterocycles. The fraction of sp³-hybridized carbons (Fsp3) is 0.286. The van der Waals surface area contributed by atoms with E-state index in [1.807, 2.05) is 30.3 Å². The van der Waals surface area contributed by atoms with Gasteiger partial charge in [-0.2, -0.15) is 4.31 Å². The summed E-state index contributed by atoms with van der Waals surface area (Å²) in [7, 11) is -1.76. The van der Waals surface area contributed by atoms with Crippen molar-refractivity contribution in [2.75, 3.05) is 33.3 Å². The Labute approximate surface area is 175 Å². The summed E-state index contributed by atoms with van der Waals surface area (Å²) >= 11 is 1.60. The lowest BCUT2D eigenvalue weighted by Crippen LogP contribution is -2.48. The second kappa shape index (κ2) is 8.62. The van der Waals surface area contributed by atoms with Crippen molar-refractivity contribution >= 4 is 21.4 Å². The van der Waals surface area contributed by atoms with Gasteiger partial charge in [-0.25, -0.2) is 13.4 Å². The van der Waals surface area contributed by atoms with Crippen LogP contribution >= 0.6 is 11.3 Å². The molecule has 2 heterocycles. The number of sulfonamides is 1. The van der Waals surface area contributed by atoms with Gasteiger partial charge in [0, 0.05) is 38.1 Å². The number of aromatic nitrogens is 1. The Morgan fingerprint density at radius 1 is 1.00 bits per heavy atom. The van der Waals surface area contributed by atoms with Gasteiger partial charge in [0.15, 0.2) is 0 Å². The highest BCUT2D eigenvalue weighted by atomic mass is 32.2. The number of para-hydroxylation sites is 1. The average molecular weight is 430 g/mol. The number of hydrogen-bond donors (Lipinski definition) is 0. The van der Waals surface area contributed by atoms with Gasteiger partial charge in [0.2, 0.25) is 10.0 Å². The maximum absolute atomic E-state index is 12.8. The molecule has 0 aliphatic carbocycles. The number of ether oxygens (including phenoxy) is 1. The Balaban J connectivity index is 1.39. The monoisotopic (exact) mass is 429 g/mol. The van der Waals surface area contributed by atoms with Crippen molar-refractivity contribution in [2.24, 2.45) is 0 Å². The van der Waals surface area contributed by atoms with Crippen molar-refractivity contribution < 1.29 is 13.2 Å². The largest absolute Gasteiger partial charge is 0.496 e. The lowest BCUT2D eigenvalue weighted by Gasteiger charge is -2.33. The van der Waals surface area contributed by atoms with E-state index < -0.39 is 10.0 Å². The Morgan fingerprint density at radius 3 is 2.41 bits per heavy atom. The summed E-state index contributed by atoms with van der Waals surface area (Å²) in [4.78, 5) is 7.37. The van der Waals surface area contributed by atoms with Gasteiger partial charge < -0.3 is 4.74 Å². The Bertz CT molecular complexity index is 1060. The summed E-state index contributed by atoms with van der Waals surface area (Å²) in [5.74, 6) is 0.813. The third kappa shape index (κ3) is 4.35. The van der Waals surface area contributed by atoms with E-state index in [-0.39, 0.29) is 0 Å². The van der Waals surface area contributed by atoms with E-state index in [0.29, 0.717) is 37.6 Å². The Morgan fingerprint density at radius 2 is 1.69 bits per heavy atom. The standard InChI is InChI=1S/C21H23N3O3S2/c1-27-20-10-6-5-9-19(20)21-22-17(16-28-21)15-23-11-13-24(14-12-23)29(25,26)18-7-3-2-4-8-18/h2-10,16H,11-15H2,1H3. The van der Waals surface area contributed by atoms with Crippen molar-refractivity contribution in [3.8, 4) is 16.3 Å². The zero-order chi connectivity index (χ0) is 20.3. The van der Waals surface area contributed by atoms with Crippen LogP contribution in [0, 0.1) is 0 Å². The summed E-state index contributed by atoms with van der Waals surface area (Å²) in [6, 6.07) is 16.5. The first-order valence-corrected chi connectivity index (χ1v) is 11.8. The molecule has 1 fully saturated rings. The van der Waals surface area contributed by atoms with Gasteiger partial charge in [-0.1, -0.05) is 30.3 Å². The molecule has 0 amide bonds. The molecule has 1 aromatic heterocycles. The zero-order valence-corrected chi connectivity index (χ0v) is 17.8. The minimum absolute atomic E-state index is 0.356. The first-order chi connectivity index (χ1) is 14.1. The molecule has 0 radical (unpaired) electrons. The predicted molar refractivity (Wildman–Crippen MR) is 115 cm³/mol.